The van der Waals surface area contributed by atoms with Gasteiger partial charge in [0.15, 0.2) is 5.82 Å². The van der Waals surface area contributed by atoms with E-state index in [0.29, 0.717) is 66.7 Å². The second kappa shape index (κ2) is 20.8. The van der Waals surface area contributed by atoms with Gasteiger partial charge in [0.05, 0.1) is 47.0 Å². The molecule has 0 radical (unpaired) electrons. The van der Waals surface area contributed by atoms with Gasteiger partial charge in [-0.3, -0.25) is 19.5 Å². The summed E-state index contributed by atoms with van der Waals surface area (Å²) in [4.78, 5) is 36.8. The molecule has 10 rings (SSSR count). The van der Waals surface area contributed by atoms with E-state index in [0.717, 1.165) is 117 Å². The van der Waals surface area contributed by atoms with E-state index < -0.39 is 0 Å². The van der Waals surface area contributed by atoms with Crippen LogP contribution >= 0.6 is 11.6 Å². The van der Waals surface area contributed by atoms with Gasteiger partial charge in [0.2, 0.25) is 5.91 Å². The third-order valence-corrected chi connectivity index (χ3v) is 15.0. The van der Waals surface area contributed by atoms with Gasteiger partial charge in [-0.25, -0.2) is 4.57 Å². The quantitative estimate of drug-likeness (QED) is 0.110. The Labute approximate surface area is 418 Å². The van der Waals surface area contributed by atoms with Gasteiger partial charge in [0.25, 0.3) is 0 Å². The van der Waals surface area contributed by atoms with E-state index in [2.05, 4.69) is 71.6 Å². The Morgan fingerprint density at radius 2 is 1.66 bits per heavy atom. The number of nitrogens with zero attached hydrogens (tertiary/aromatic N) is 12. The number of carbonyl (C=O) groups excluding carboxylic acids is 1. The molecule has 2 aromatic heterocycles. The van der Waals surface area contributed by atoms with Crippen LogP contribution in [0.3, 0.4) is 0 Å². The lowest BCUT2D eigenvalue weighted by Gasteiger charge is -2.43. The third-order valence-electron chi connectivity index (χ3n) is 14.7. The molecule has 71 heavy (non-hydrogen) atoms. The van der Waals surface area contributed by atoms with Crippen molar-refractivity contribution in [3.63, 3.8) is 0 Å². The number of rotatable bonds is 13. The van der Waals surface area contributed by atoms with Crippen LogP contribution in [0, 0.1) is 18.3 Å². The van der Waals surface area contributed by atoms with Crippen molar-refractivity contribution < 1.29 is 24.9 Å². The topological polar surface area (TPSA) is 187 Å². The number of piperidine rings is 1. The van der Waals surface area contributed by atoms with Crippen molar-refractivity contribution in [3.8, 4) is 46.7 Å². The van der Waals surface area contributed by atoms with Gasteiger partial charge >= 0.3 is 12.0 Å². The fraction of sp³-hybridized carbons (Fsp3) is 0.396. The maximum absolute atomic E-state index is 12.8. The Morgan fingerprint density at radius 1 is 0.887 bits per heavy atom. The molecular formula is C53H59ClN12O5. The number of nitriles is 1. The summed E-state index contributed by atoms with van der Waals surface area (Å²) in [6.07, 6.45) is 4.45. The van der Waals surface area contributed by atoms with Crippen LogP contribution in [0.25, 0.3) is 27.8 Å². The Bertz CT molecular complexity index is 2960. The number of hydrogen-bond donors (Lipinski definition) is 3. The third kappa shape index (κ3) is 10.0. The summed E-state index contributed by atoms with van der Waals surface area (Å²) in [6, 6.07) is 25.7. The van der Waals surface area contributed by atoms with Crippen molar-refractivity contribution in [3.05, 3.63) is 113 Å². The molecule has 0 unspecified atom stereocenters. The predicted molar refractivity (Wildman–Crippen MR) is 272 cm³/mol. The molecule has 6 heterocycles. The Hall–Kier alpha value is -6.97. The van der Waals surface area contributed by atoms with Crippen molar-refractivity contribution >= 4 is 39.8 Å². The van der Waals surface area contributed by atoms with Crippen molar-refractivity contribution in [2.45, 2.75) is 57.8 Å². The molecule has 368 valence electrons. The number of anilines is 2. The molecule has 18 heteroatoms. The standard InChI is InChI=1S/C53H59ClN12O5/c1-3-48(69)65-27-26-64(33-40(65)14-18-55)50-41-17-21-63(45-9-5-7-37-6-4-8-43(54)49(37)45)34-44(41)56-52(57-50)71-29-28-60-19-15-38(16-20-60)62-24-22-61(23-25-62)32-36-10-12-39(13-11-36)66-51(58-59-53(66)70)42-30-35(2)46(67)31-47(42)68/h3-13,30-31,38,40,67-68H,1,14-17,19-29,32-34H2,2H3,(H,59,70)/t40-/m0/s1. The van der Waals surface area contributed by atoms with Gasteiger partial charge in [-0.1, -0.05) is 59.7 Å². The second-order valence-electron chi connectivity index (χ2n) is 19.0. The highest BCUT2D eigenvalue weighted by Gasteiger charge is 2.34. The average molecular weight is 980 g/mol. The highest BCUT2D eigenvalue weighted by molar-refractivity contribution is 6.36. The number of aromatic nitrogens is 5. The minimum Gasteiger partial charge on any atom is -0.508 e. The number of aromatic hydroxyl groups is 3. The van der Waals surface area contributed by atoms with E-state index in [4.69, 9.17) is 26.3 Å². The number of amides is 1. The number of piperazine rings is 2. The van der Waals surface area contributed by atoms with Crippen LogP contribution in [-0.2, 0) is 24.3 Å². The number of likely N-dealkylation sites (tertiary alicyclic amines) is 1. The molecule has 17 nitrogen and oxygen atoms in total. The molecule has 0 saturated carbocycles. The van der Waals surface area contributed by atoms with E-state index in [-0.39, 0.29) is 41.7 Å². The maximum atomic E-state index is 12.8. The lowest BCUT2D eigenvalue weighted by Crippen LogP contribution is -2.55. The highest BCUT2D eigenvalue weighted by atomic mass is 35.5. The molecule has 3 fully saturated rings. The largest absolute Gasteiger partial charge is 0.508 e. The number of halogens is 1. The van der Waals surface area contributed by atoms with Crippen LogP contribution in [0.4, 0.5) is 11.5 Å². The molecule has 1 atom stereocenters. The normalized spacial score (nSPS) is 18.4. The fourth-order valence-corrected chi connectivity index (χ4v) is 11.1. The smallest absolute Gasteiger partial charge is 0.319 e. The van der Waals surface area contributed by atoms with Crippen LogP contribution in [0.5, 0.6) is 23.5 Å². The number of carbonyl (C=O) groups is 1. The van der Waals surface area contributed by atoms with Crippen molar-refractivity contribution in [2.24, 2.45) is 0 Å². The molecule has 3 N–H and O–H groups in total. The van der Waals surface area contributed by atoms with E-state index in [1.165, 1.54) is 16.7 Å². The molecule has 4 aliphatic rings. The number of ether oxygens (including phenoxy) is 1. The zero-order valence-corrected chi connectivity index (χ0v) is 40.8. The van der Waals surface area contributed by atoms with E-state index >= 15 is 0 Å². The van der Waals surface area contributed by atoms with E-state index in [9.17, 15) is 25.4 Å². The van der Waals surface area contributed by atoms with E-state index in [1.807, 2.05) is 36.4 Å². The first kappa shape index (κ1) is 47.7. The molecule has 3 saturated heterocycles. The van der Waals surface area contributed by atoms with Crippen LogP contribution in [-0.4, -0.2) is 156 Å². The van der Waals surface area contributed by atoms with Gasteiger partial charge < -0.3 is 34.8 Å². The predicted octanol–water partition coefficient (Wildman–Crippen LogP) is 6.30. The maximum Gasteiger partial charge on any atom is 0.319 e. The molecule has 1 amide bonds. The first-order chi connectivity index (χ1) is 34.5. The monoisotopic (exact) mass is 978 g/mol. The van der Waals surface area contributed by atoms with Crippen LogP contribution in [0.2, 0.25) is 5.02 Å². The zero-order valence-electron chi connectivity index (χ0n) is 40.0. The minimum atomic E-state index is -0.293. The number of hydrogen-bond acceptors (Lipinski definition) is 15. The molecule has 0 spiro atoms. The molecule has 0 aliphatic carbocycles. The highest BCUT2D eigenvalue weighted by Crippen LogP contribution is 2.39. The molecular weight excluding hydrogens is 920 g/mol. The number of phenols is 2. The lowest BCUT2D eigenvalue weighted by atomic mass is 10.0. The van der Waals surface area contributed by atoms with E-state index in [1.54, 1.807) is 17.9 Å². The van der Waals surface area contributed by atoms with Gasteiger partial charge in [0, 0.05) is 94.2 Å². The molecule has 4 aromatic carbocycles. The minimum absolute atomic E-state index is 0.0253. The molecule has 4 aliphatic heterocycles. The molecule has 0 bridgehead atoms. The Balaban J connectivity index is 0.741. The van der Waals surface area contributed by atoms with Gasteiger partial charge in [-0.05, 0) is 92.2 Å². The number of fused-ring (bicyclic) bond motifs is 2. The second-order valence-corrected chi connectivity index (χ2v) is 19.4. The zero-order chi connectivity index (χ0) is 49.2. The van der Waals surface area contributed by atoms with Crippen molar-refractivity contribution in [2.75, 3.05) is 88.4 Å². The first-order valence-corrected chi connectivity index (χ1v) is 24.9. The summed E-state index contributed by atoms with van der Waals surface area (Å²) in [7, 11) is 0. The Kier molecular flexibility index (Phi) is 14.0. The number of aryl methyl sites for hydroxylation is 1. The summed E-state index contributed by atoms with van der Waals surface area (Å²) in [5, 5.41) is 51.7. The van der Waals surface area contributed by atoms with Gasteiger partial charge in [-0.15, -0.1) is 5.10 Å². The lowest BCUT2D eigenvalue weighted by molar-refractivity contribution is -0.128. The average Bonchev–Trinajstić information content (AvgIpc) is 3.77. The van der Waals surface area contributed by atoms with Gasteiger partial charge in [-0.2, -0.15) is 15.2 Å². The first-order valence-electron chi connectivity index (χ1n) is 24.5. The van der Waals surface area contributed by atoms with Crippen LogP contribution in [0.1, 0.15) is 41.6 Å². The summed E-state index contributed by atoms with van der Waals surface area (Å²) in [5.74, 6) is 0.746. The van der Waals surface area contributed by atoms with Crippen molar-refractivity contribution in [1.29, 1.82) is 5.26 Å². The summed E-state index contributed by atoms with van der Waals surface area (Å²) in [6.45, 7) is 16.2. The summed E-state index contributed by atoms with van der Waals surface area (Å²) in [5.41, 5.74) is 5.79. The van der Waals surface area contributed by atoms with Crippen LogP contribution in [0.15, 0.2) is 85.5 Å². The van der Waals surface area contributed by atoms with Gasteiger partial charge in [0.1, 0.15) is 23.9 Å². The molecule has 6 aromatic rings. The summed E-state index contributed by atoms with van der Waals surface area (Å²) < 4.78 is 7.93. The van der Waals surface area contributed by atoms with Crippen molar-refractivity contribution in [1.82, 2.24) is 44.3 Å². The number of benzene rings is 4. The number of phenolic OH excluding ortho intramolecular Hbond substituents is 2. The fourth-order valence-electron chi connectivity index (χ4n) is 10.8. The SMILES string of the molecule is C=CC(=O)N1CCN(c2nc(OCCN3CCC(N4CCN(Cc5ccc(-n6c(O)nnc6-c6cc(C)c(O)cc6O)cc5)CC4)CC3)nc3c2CCN(c2cccc4cccc(Cl)c24)C3)C[C@@H]1CC#N. The van der Waals surface area contributed by atoms with Crippen LogP contribution < -0.4 is 14.5 Å². The summed E-state index contributed by atoms with van der Waals surface area (Å²) >= 11 is 6.80. The Morgan fingerprint density at radius 3 is 2.42 bits per heavy atom.